The molecule has 6 nitrogen and oxygen atoms in total. The van der Waals surface area contributed by atoms with Crippen molar-refractivity contribution in [2.75, 3.05) is 19.6 Å². The molecule has 2 fully saturated rings. The molecule has 0 bridgehead atoms. The van der Waals surface area contributed by atoms with Crippen LogP contribution in [0.1, 0.15) is 61.7 Å². The molecule has 32 heavy (non-hydrogen) atoms. The fourth-order valence-corrected chi connectivity index (χ4v) is 4.97. The van der Waals surface area contributed by atoms with Gasteiger partial charge in [-0.15, -0.1) is 0 Å². The molecule has 1 aliphatic carbocycles. The van der Waals surface area contributed by atoms with Crippen molar-refractivity contribution in [3.8, 4) is 0 Å². The highest BCUT2D eigenvalue weighted by molar-refractivity contribution is 5.94. The zero-order chi connectivity index (χ0) is 22.5. The lowest BCUT2D eigenvalue weighted by Gasteiger charge is -2.37. The fourth-order valence-electron chi connectivity index (χ4n) is 4.97. The Morgan fingerprint density at radius 2 is 1.81 bits per heavy atom. The maximum Gasteiger partial charge on any atom is 0.252 e. The van der Waals surface area contributed by atoms with Crippen LogP contribution in [0.2, 0.25) is 0 Å². The molecule has 1 saturated heterocycles. The average Bonchev–Trinajstić information content (AvgIpc) is 3.27. The summed E-state index contributed by atoms with van der Waals surface area (Å²) in [6.45, 7) is 1.80. The number of rotatable bonds is 7. The van der Waals surface area contributed by atoms with E-state index >= 15 is 0 Å². The summed E-state index contributed by atoms with van der Waals surface area (Å²) < 4.78 is 30.1. The second-order valence-corrected chi connectivity index (χ2v) is 9.12. The molecule has 8 heteroatoms. The first-order valence-electron chi connectivity index (χ1n) is 11.8. The minimum Gasteiger partial charge on any atom is -0.352 e. The Morgan fingerprint density at radius 1 is 1.06 bits per heavy atom. The highest BCUT2D eigenvalue weighted by Crippen LogP contribution is 2.32. The van der Waals surface area contributed by atoms with Gasteiger partial charge in [0.05, 0.1) is 5.56 Å². The Morgan fingerprint density at radius 3 is 2.56 bits per heavy atom. The van der Waals surface area contributed by atoms with E-state index in [1.54, 1.807) is 23.4 Å². The quantitative estimate of drug-likeness (QED) is 0.655. The van der Waals surface area contributed by atoms with Crippen molar-refractivity contribution < 1.29 is 18.4 Å². The Hall–Kier alpha value is -2.51. The first-order valence-corrected chi connectivity index (χ1v) is 11.8. The molecule has 2 aliphatic rings. The summed E-state index contributed by atoms with van der Waals surface area (Å²) in [4.78, 5) is 30.8. The van der Waals surface area contributed by atoms with Crippen LogP contribution in [0.15, 0.2) is 30.7 Å². The molecule has 2 atom stereocenters. The van der Waals surface area contributed by atoms with Gasteiger partial charge in [-0.25, -0.2) is 13.8 Å². The molecule has 1 aliphatic heterocycles. The number of halogens is 2. The molecule has 4 rings (SSSR count). The molecular weight excluding hydrogens is 414 g/mol. The van der Waals surface area contributed by atoms with Crippen molar-refractivity contribution in [2.24, 2.45) is 11.8 Å². The van der Waals surface area contributed by atoms with Crippen molar-refractivity contribution in [3.05, 3.63) is 36.3 Å². The number of alkyl halides is 2. The van der Waals surface area contributed by atoms with Gasteiger partial charge in [-0.05, 0) is 56.6 Å². The Balaban J connectivity index is 1.13. The topological polar surface area (TPSA) is 66.7 Å². The molecule has 3 heterocycles. The molecule has 2 amide bonds. The lowest BCUT2D eigenvalue weighted by molar-refractivity contribution is -0.143. The third kappa shape index (κ3) is 5.27. The van der Waals surface area contributed by atoms with E-state index in [2.05, 4.69) is 10.3 Å². The molecule has 2 unspecified atom stereocenters. The van der Waals surface area contributed by atoms with Crippen LogP contribution in [0.25, 0.3) is 5.65 Å². The van der Waals surface area contributed by atoms with Gasteiger partial charge in [-0.3, -0.25) is 9.59 Å². The lowest BCUT2D eigenvalue weighted by Crippen LogP contribution is -2.48. The zero-order valence-corrected chi connectivity index (χ0v) is 18.4. The van der Waals surface area contributed by atoms with Gasteiger partial charge in [-0.2, -0.15) is 0 Å². The molecule has 0 aromatic carbocycles. The number of aromatic nitrogens is 2. The van der Waals surface area contributed by atoms with E-state index in [0.29, 0.717) is 50.4 Å². The van der Waals surface area contributed by atoms with Crippen LogP contribution in [0, 0.1) is 11.8 Å². The minimum atomic E-state index is -1.35. The number of fused-ring (bicyclic) bond motifs is 1. The van der Waals surface area contributed by atoms with Crippen LogP contribution in [0.5, 0.6) is 0 Å². The zero-order valence-electron chi connectivity index (χ0n) is 18.4. The van der Waals surface area contributed by atoms with Crippen LogP contribution >= 0.6 is 0 Å². The maximum absolute atomic E-state index is 14.1. The molecule has 2 aromatic heterocycles. The van der Waals surface area contributed by atoms with E-state index in [0.717, 1.165) is 37.8 Å². The Labute approximate surface area is 187 Å². The number of likely N-dealkylation sites (tertiary alicyclic amines) is 1. The van der Waals surface area contributed by atoms with Gasteiger partial charge < -0.3 is 14.6 Å². The summed E-state index contributed by atoms with van der Waals surface area (Å²) in [5.74, 6) is -1.00. The van der Waals surface area contributed by atoms with Crippen LogP contribution in [0.4, 0.5) is 8.78 Å². The summed E-state index contributed by atoms with van der Waals surface area (Å²) in [6, 6.07) is 3.60. The molecule has 1 saturated carbocycles. The number of nitrogens with one attached hydrogen (secondary N) is 1. The van der Waals surface area contributed by atoms with E-state index in [-0.39, 0.29) is 11.8 Å². The molecular formula is C24H32F2N4O2. The van der Waals surface area contributed by atoms with Crippen LogP contribution in [-0.2, 0) is 4.79 Å². The normalized spacial score (nSPS) is 24.6. The fraction of sp³-hybridized carbons (Fsp3) is 0.625. The smallest absolute Gasteiger partial charge is 0.252 e. The van der Waals surface area contributed by atoms with Crippen molar-refractivity contribution >= 4 is 17.5 Å². The number of amides is 2. The Kier molecular flexibility index (Phi) is 7.37. The third-order valence-electron chi connectivity index (χ3n) is 6.93. The van der Waals surface area contributed by atoms with Gasteiger partial charge >= 0.3 is 0 Å². The lowest BCUT2D eigenvalue weighted by atomic mass is 9.83. The van der Waals surface area contributed by atoms with Crippen LogP contribution < -0.4 is 5.32 Å². The summed E-state index contributed by atoms with van der Waals surface area (Å²) >= 11 is 0. The van der Waals surface area contributed by atoms with Gasteiger partial charge in [0.25, 0.3) is 5.91 Å². The van der Waals surface area contributed by atoms with Crippen molar-refractivity contribution in [1.82, 2.24) is 19.6 Å². The number of piperidine rings is 1. The molecule has 2 aromatic rings. The minimum absolute atomic E-state index is 0.0903. The van der Waals surface area contributed by atoms with E-state index in [1.165, 1.54) is 0 Å². The standard InChI is InChI=1S/C24H32F2N4O2/c25-19-5-3-6-20(26)22(19)24(32)29-13-9-17(10-14-29)4-1-2-11-28-23(31)18-7-8-21-27-12-15-30(21)16-18/h7-8,12,15-17,19-20,22H,1-6,9-11,13-14H2,(H,28,31). The summed E-state index contributed by atoms with van der Waals surface area (Å²) in [7, 11) is 0. The SMILES string of the molecule is O=C(NCCCCC1CCN(C(=O)C2C(F)CCCC2F)CC1)c1ccc2nccn2c1. The molecule has 174 valence electrons. The van der Waals surface area contributed by atoms with Gasteiger partial charge in [0.1, 0.15) is 23.9 Å². The largest absolute Gasteiger partial charge is 0.352 e. The highest BCUT2D eigenvalue weighted by atomic mass is 19.1. The second kappa shape index (κ2) is 10.4. The maximum atomic E-state index is 14.1. The number of imidazole rings is 1. The summed E-state index contributed by atoms with van der Waals surface area (Å²) in [5.41, 5.74) is 1.42. The number of unbranched alkanes of at least 4 members (excludes halogenated alkanes) is 1. The van der Waals surface area contributed by atoms with Crippen LogP contribution in [0.3, 0.4) is 0 Å². The molecule has 0 radical (unpaired) electrons. The van der Waals surface area contributed by atoms with E-state index in [9.17, 15) is 18.4 Å². The first-order chi connectivity index (χ1) is 15.5. The summed E-state index contributed by atoms with van der Waals surface area (Å²) in [5, 5.41) is 2.96. The van der Waals surface area contributed by atoms with Gasteiger partial charge in [0.2, 0.25) is 5.91 Å². The van der Waals surface area contributed by atoms with E-state index < -0.39 is 18.3 Å². The first kappa shape index (κ1) is 22.7. The number of pyridine rings is 1. The van der Waals surface area contributed by atoms with Crippen molar-refractivity contribution in [2.45, 2.75) is 63.7 Å². The van der Waals surface area contributed by atoms with Crippen molar-refractivity contribution in [1.29, 1.82) is 0 Å². The average molecular weight is 447 g/mol. The van der Waals surface area contributed by atoms with Gasteiger partial charge in [-0.1, -0.05) is 12.8 Å². The second-order valence-electron chi connectivity index (χ2n) is 9.12. The number of nitrogens with zero attached hydrogens (tertiary/aromatic N) is 3. The number of hydrogen-bond acceptors (Lipinski definition) is 3. The predicted octanol–water partition coefficient (Wildman–Crippen LogP) is 3.95. The van der Waals surface area contributed by atoms with E-state index in [4.69, 9.17) is 0 Å². The molecule has 0 spiro atoms. The predicted molar refractivity (Wildman–Crippen MR) is 118 cm³/mol. The van der Waals surface area contributed by atoms with Gasteiger partial charge in [0.15, 0.2) is 0 Å². The summed E-state index contributed by atoms with van der Waals surface area (Å²) in [6.07, 6.45) is 8.40. The van der Waals surface area contributed by atoms with Crippen molar-refractivity contribution in [3.63, 3.8) is 0 Å². The highest BCUT2D eigenvalue weighted by Gasteiger charge is 2.41. The monoisotopic (exact) mass is 446 g/mol. The Bertz CT molecular complexity index is 916. The van der Waals surface area contributed by atoms with Crippen LogP contribution in [-0.4, -0.2) is 58.1 Å². The van der Waals surface area contributed by atoms with E-state index in [1.807, 2.05) is 16.7 Å². The third-order valence-corrected chi connectivity index (χ3v) is 6.93. The molecule has 1 N–H and O–H groups in total. The van der Waals surface area contributed by atoms with Gasteiger partial charge in [0, 0.05) is 38.2 Å². The number of carbonyl (C=O) groups is 2. The number of carbonyl (C=O) groups excluding carboxylic acids is 2. The number of hydrogen-bond donors (Lipinski definition) is 1.